The van der Waals surface area contributed by atoms with E-state index in [0.29, 0.717) is 17.9 Å². The van der Waals surface area contributed by atoms with Crippen molar-refractivity contribution in [2.75, 3.05) is 11.9 Å². The van der Waals surface area contributed by atoms with E-state index in [2.05, 4.69) is 53.2 Å². The maximum atomic E-state index is 9.39. The van der Waals surface area contributed by atoms with Crippen LogP contribution in [0, 0.1) is 11.3 Å². The number of anilines is 1. The lowest BCUT2D eigenvalue weighted by atomic mass is 10.1. The van der Waals surface area contributed by atoms with Gasteiger partial charge in [0.15, 0.2) is 5.65 Å². The normalized spacial score (nSPS) is 11.1. The fourth-order valence-electron chi connectivity index (χ4n) is 3.87. The number of fused-ring (bicyclic) bond motifs is 2. The predicted octanol–water partition coefficient (Wildman–Crippen LogP) is 5.21. The summed E-state index contributed by atoms with van der Waals surface area (Å²) in [5.74, 6) is 1.71. The number of aryl methyl sites for hydroxylation is 1. The summed E-state index contributed by atoms with van der Waals surface area (Å²) in [7, 11) is 2.06. The number of furan rings is 1. The van der Waals surface area contributed by atoms with Gasteiger partial charge < -0.3 is 9.32 Å². The van der Waals surface area contributed by atoms with E-state index in [9.17, 15) is 5.26 Å². The third-order valence-corrected chi connectivity index (χ3v) is 5.46. The molecule has 3 heterocycles. The van der Waals surface area contributed by atoms with Crippen molar-refractivity contribution in [1.82, 2.24) is 14.6 Å². The molecule has 0 aliphatic carbocycles. The van der Waals surface area contributed by atoms with Gasteiger partial charge in [0.25, 0.3) is 0 Å². The first-order valence-electron chi connectivity index (χ1n) is 10.2. The van der Waals surface area contributed by atoms with E-state index >= 15 is 0 Å². The van der Waals surface area contributed by atoms with Gasteiger partial charge in [-0.1, -0.05) is 25.1 Å². The first-order valence-corrected chi connectivity index (χ1v) is 10.2. The van der Waals surface area contributed by atoms with Crippen molar-refractivity contribution in [3.8, 4) is 17.4 Å². The Bertz CT molecular complexity index is 1440. The van der Waals surface area contributed by atoms with Crippen molar-refractivity contribution >= 4 is 22.4 Å². The molecule has 0 spiro atoms. The second kappa shape index (κ2) is 7.62. The van der Waals surface area contributed by atoms with Crippen LogP contribution in [0.25, 0.3) is 27.9 Å². The fourth-order valence-corrected chi connectivity index (χ4v) is 3.87. The molecule has 0 saturated carbocycles. The molecule has 5 aromatic rings. The van der Waals surface area contributed by atoms with Crippen molar-refractivity contribution < 1.29 is 4.42 Å². The van der Waals surface area contributed by atoms with Gasteiger partial charge in [0, 0.05) is 42.4 Å². The summed E-state index contributed by atoms with van der Waals surface area (Å²) < 4.78 is 7.90. The lowest BCUT2D eigenvalue weighted by Gasteiger charge is -2.20. The molecule has 6 nitrogen and oxygen atoms in total. The van der Waals surface area contributed by atoms with Crippen LogP contribution in [0.5, 0.6) is 0 Å². The molecule has 0 bridgehead atoms. The Hall–Kier alpha value is -4.11. The average molecular weight is 407 g/mol. The molecule has 0 atom stereocenters. The molecule has 0 aliphatic rings. The van der Waals surface area contributed by atoms with Crippen LogP contribution in [-0.2, 0) is 13.0 Å². The van der Waals surface area contributed by atoms with Crippen LogP contribution in [0.1, 0.15) is 23.7 Å². The largest absolute Gasteiger partial charge is 0.456 e. The second-order valence-corrected chi connectivity index (χ2v) is 7.56. The van der Waals surface area contributed by atoms with Gasteiger partial charge in [-0.2, -0.15) is 14.9 Å². The molecule has 0 amide bonds. The molecule has 0 saturated heterocycles. The van der Waals surface area contributed by atoms with Gasteiger partial charge in [-0.05, 0) is 42.3 Å². The lowest BCUT2D eigenvalue weighted by Crippen LogP contribution is -2.20. The number of benzene rings is 2. The SMILES string of the molecule is CCc1cc(N(C)Cc2ccc3oc(-c4ccccc4C#N)cc3c2)n2nccc2n1. The Morgan fingerprint density at radius 2 is 1.97 bits per heavy atom. The van der Waals surface area contributed by atoms with Gasteiger partial charge in [-0.15, -0.1) is 0 Å². The average Bonchev–Trinajstić information content (AvgIpc) is 3.44. The third-order valence-electron chi connectivity index (χ3n) is 5.46. The number of aromatic nitrogens is 3. The lowest BCUT2D eigenvalue weighted by molar-refractivity contribution is 0.631. The van der Waals surface area contributed by atoms with Crippen molar-refractivity contribution in [2.24, 2.45) is 0 Å². The molecule has 152 valence electrons. The zero-order valence-corrected chi connectivity index (χ0v) is 17.4. The molecule has 0 radical (unpaired) electrons. The highest BCUT2D eigenvalue weighted by atomic mass is 16.3. The summed E-state index contributed by atoms with van der Waals surface area (Å²) >= 11 is 0. The van der Waals surface area contributed by atoms with Gasteiger partial charge >= 0.3 is 0 Å². The minimum atomic E-state index is 0.606. The van der Waals surface area contributed by atoms with Crippen molar-refractivity contribution in [3.05, 3.63) is 83.7 Å². The van der Waals surface area contributed by atoms with E-state index in [4.69, 9.17) is 4.42 Å². The van der Waals surface area contributed by atoms with Gasteiger partial charge in [-0.3, -0.25) is 0 Å². The van der Waals surface area contributed by atoms with E-state index in [1.807, 2.05) is 40.9 Å². The molecule has 6 heteroatoms. The highest BCUT2D eigenvalue weighted by Gasteiger charge is 2.13. The molecular formula is C25H21N5O. The van der Waals surface area contributed by atoms with Crippen LogP contribution < -0.4 is 4.90 Å². The molecule has 0 fully saturated rings. The number of nitriles is 1. The minimum absolute atomic E-state index is 0.606. The van der Waals surface area contributed by atoms with E-state index in [-0.39, 0.29) is 0 Å². The Balaban J connectivity index is 1.48. The minimum Gasteiger partial charge on any atom is -0.456 e. The fraction of sp³-hybridized carbons (Fsp3) is 0.160. The predicted molar refractivity (Wildman–Crippen MR) is 121 cm³/mol. The monoisotopic (exact) mass is 407 g/mol. The van der Waals surface area contributed by atoms with Crippen molar-refractivity contribution in [3.63, 3.8) is 0 Å². The Morgan fingerprint density at radius 3 is 2.81 bits per heavy atom. The molecule has 0 aliphatic heterocycles. The molecule has 0 unspecified atom stereocenters. The summed E-state index contributed by atoms with van der Waals surface area (Å²) in [6.45, 7) is 2.82. The molecule has 0 N–H and O–H groups in total. The van der Waals surface area contributed by atoms with Crippen molar-refractivity contribution in [1.29, 1.82) is 5.26 Å². The zero-order valence-electron chi connectivity index (χ0n) is 17.4. The van der Waals surface area contributed by atoms with Crippen LogP contribution in [0.2, 0.25) is 0 Å². The summed E-state index contributed by atoms with van der Waals surface area (Å²) in [6.07, 6.45) is 2.65. The number of hydrogen-bond donors (Lipinski definition) is 0. The maximum Gasteiger partial charge on any atom is 0.157 e. The smallest absolute Gasteiger partial charge is 0.157 e. The molecular weight excluding hydrogens is 386 g/mol. The first kappa shape index (κ1) is 18.9. The highest BCUT2D eigenvalue weighted by Crippen LogP contribution is 2.31. The van der Waals surface area contributed by atoms with E-state index in [1.165, 1.54) is 0 Å². The quantitative estimate of drug-likeness (QED) is 0.400. The molecule has 31 heavy (non-hydrogen) atoms. The topological polar surface area (TPSA) is 70.4 Å². The maximum absolute atomic E-state index is 9.39. The van der Waals surface area contributed by atoms with Crippen molar-refractivity contribution in [2.45, 2.75) is 19.9 Å². The van der Waals surface area contributed by atoms with E-state index in [1.54, 1.807) is 12.3 Å². The van der Waals surface area contributed by atoms with E-state index < -0.39 is 0 Å². The van der Waals surface area contributed by atoms with Gasteiger partial charge in [0.2, 0.25) is 0 Å². The van der Waals surface area contributed by atoms with Crippen LogP contribution in [0.3, 0.4) is 0 Å². The number of nitrogens with zero attached hydrogens (tertiary/aromatic N) is 5. The summed E-state index contributed by atoms with van der Waals surface area (Å²) in [5.41, 5.74) is 5.28. The Morgan fingerprint density at radius 1 is 1.10 bits per heavy atom. The summed E-state index contributed by atoms with van der Waals surface area (Å²) in [4.78, 5) is 6.80. The Kier molecular flexibility index (Phi) is 4.64. The standard InChI is InChI=1S/C25H21N5O/c1-3-20-14-25(30-24(28-20)10-11-27-30)29(2)16-17-8-9-22-19(12-17)13-23(31-22)21-7-5-4-6-18(21)15-26/h4-14H,3,16H2,1-2H3. The van der Waals surface area contributed by atoms with Gasteiger partial charge in [0.1, 0.15) is 17.2 Å². The Labute approximate surface area is 180 Å². The second-order valence-electron chi connectivity index (χ2n) is 7.56. The highest BCUT2D eigenvalue weighted by molar-refractivity contribution is 5.84. The van der Waals surface area contributed by atoms with Gasteiger partial charge in [0.05, 0.1) is 17.8 Å². The molecule has 3 aromatic heterocycles. The zero-order chi connectivity index (χ0) is 21.4. The van der Waals surface area contributed by atoms with Crippen LogP contribution >= 0.6 is 0 Å². The van der Waals surface area contributed by atoms with Crippen LogP contribution in [-0.4, -0.2) is 21.6 Å². The number of rotatable bonds is 5. The van der Waals surface area contributed by atoms with E-state index in [0.717, 1.165) is 45.7 Å². The van der Waals surface area contributed by atoms with Crippen LogP contribution in [0.4, 0.5) is 5.82 Å². The molecule has 5 rings (SSSR count). The van der Waals surface area contributed by atoms with Crippen LogP contribution in [0.15, 0.2) is 71.3 Å². The molecule has 2 aromatic carbocycles. The number of hydrogen-bond acceptors (Lipinski definition) is 5. The summed E-state index contributed by atoms with van der Waals surface area (Å²) in [6, 6.07) is 21.9. The van der Waals surface area contributed by atoms with Gasteiger partial charge in [-0.25, -0.2) is 4.98 Å². The third kappa shape index (κ3) is 3.40. The first-order chi connectivity index (χ1) is 15.2. The summed E-state index contributed by atoms with van der Waals surface area (Å²) in [5, 5.41) is 14.8.